The lowest BCUT2D eigenvalue weighted by Crippen LogP contribution is -3.10. The second kappa shape index (κ2) is 11.2. The number of benzene rings is 3. The lowest BCUT2D eigenvalue weighted by molar-refractivity contribution is -0.928. The third-order valence-corrected chi connectivity index (χ3v) is 5.80. The third kappa shape index (κ3) is 5.18. The van der Waals surface area contributed by atoms with Crippen molar-refractivity contribution < 1.29 is 36.3 Å². The molecule has 0 saturated carbocycles. The van der Waals surface area contributed by atoms with Gasteiger partial charge in [0.15, 0.2) is 11.5 Å². The topological polar surface area (TPSA) is 41.4 Å². The van der Waals surface area contributed by atoms with Crippen LogP contribution >= 0.6 is 0 Å². The van der Waals surface area contributed by atoms with E-state index in [1.54, 1.807) is 21.3 Å². The molecule has 2 atom stereocenters. The molecule has 170 valence electrons. The standard InChI is InChI=1S/C26H29NO4.ClH/c1-28-23-15-19(16-24(29-2)26(23)30-3)17-27-13-14-31-25(20-9-5-4-6-10-20)22-12-8-7-11-21(22)18-27;/h4-12,15-16,25H,13-14,17-18H2,1-3H3;1H. The Bertz CT molecular complexity index is 987. The van der Waals surface area contributed by atoms with E-state index in [-0.39, 0.29) is 18.5 Å². The third-order valence-electron chi connectivity index (χ3n) is 5.80. The van der Waals surface area contributed by atoms with Crippen LogP contribution in [0.25, 0.3) is 0 Å². The van der Waals surface area contributed by atoms with Gasteiger partial charge in [-0.3, -0.25) is 0 Å². The first-order valence-corrected chi connectivity index (χ1v) is 10.6. The summed E-state index contributed by atoms with van der Waals surface area (Å²) < 4.78 is 22.9. The van der Waals surface area contributed by atoms with E-state index in [1.807, 2.05) is 18.2 Å². The fraction of sp³-hybridized carbons (Fsp3) is 0.308. The molecular weight excluding hydrogens is 426 g/mol. The number of nitrogens with one attached hydrogen (secondary N) is 1. The zero-order valence-corrected chi connectivity index (χ0v) is 19.5. The molecule has 0 saturated heterocycles. The quantitative estimate of drug-likeness (QED) is 0.585. The Hall–Kier alpha value is -2.73. The number of fused-ring (bicyclic) bond motifs is 1. The zero-order valence-electron chi connectivity index (χ0n) is 18.8. The van der Waals surface area contributed by atoms with Gasteiger partial charge in [0.2, 0.25) is 5.75 Å². The molecule has 1 heterocycles. The lowest BCUT2D eigenvalue weighted by atomic mass is 9.95. The first kappa shape index (κ1) is 23.9. The molecule has 0 fully saturated rings. The molecule has 4 rings (SSSR count). The number of hydrogen-bond donors (Lipinski definition) is 1. The fourth-order valence-electron chi connectivity index (χ4n) is 4.30. The van der Waals surface area contributed by atoms with Crippen LogP contribution in [0.4, 0.5) is 0 Å². The van der Waals surface area contributed by atoms with Crippen molar-refractivity contribution in [3.63, 3.8) is 0 Å². The van der Waals surface area contributed by atoms with Crippen molar-refractivity contribution in [1.29, 1.82) is 0 Å². The maximum absolute atomic E-state index is 6.40. The van der Waals surface area contributed by atoms with Crippen LogP contribution < -0.4 is 31.5 Å². The maximum Gasteiger partial charge on any atom is 0.203 e. The van der Waals surface area contributed by atoms with E-state index in [9.17, 15) is 0 Å². The average Bonchev–Trinajstić information content (AvgIpc) is 2.80. The largest absolute Gasteiger partial charge is 1.00 e. The summed E-state index contributed by atoms with van der Waals surface area (Å²) in [6, 6.07) is 23.2. The van der Waals surface area contributed by atoms with Crippen molar-refractivity contribution in [1.82, 2.24) is 0 Å². The molecule has 0 bridgehead atoms. The summed E-state index contributed by atoms with van der Waals surface area (Å²) in [5.41, 5.74) is 4.90. The van der Waals surface area contributed by atoms with Gasteiger partial charge >= 0.3 is 0 Å². The predicted molar refractivity (Wildman–Crippen MR) is 120 cm³/mol. The summed E-state index contributed by atoms with van der Waals surface area (Å²) in [5.74, 6) is 1.99. The molecule has 1 N–H and O–H groups in total. The highest BCUT2D eigenvalue weighted by molar-refractivity contribution is 5.53. The van der Waals surface area contributed by atoms with E-state index < -0.39 is 0 Å². The monoisotopic (exact) mass is 455 g/mol. The van der Waals surface area contributed by atoms with Crippen molar-refractivity contribution >= 4 is 0 Å². The van der Waals surface area contributed by atoms with E-state index in [0.29, 0.717) is 23.9 Å². The van der Waals surface area contributed by atoms with Crippen molar-refractivity contribution in [2.45, 2.75) is 19.2 Å². The average molecular weight is 456 g/mol. The Morgan fingerprint density at radius 3 is 2.19 bits per heavy atom. The van der Waals surface area contributed by atoms with Crippen LogP contribution in [-0.4, -0.2) is 34.5 Å². The normalized spacial score (nSPS) is 17.8. The molecule has 6 heteroatoms. The number of methoxy groups -OCH3 is 3. The molecule has 0 aromatic heterocycles. The molecule has 3 aromatic carbocycles. The summed E-state index contributed by atoms with van der Waals surface area (Å²) in [4.78, 5) is 1.42. The molecule has 1 aliphatic heterocycles. The van der Waals surface area contributed by atoms with Crippen LogP contribution in [-0.2, 0) is 17.8 Å². The second-order valence-electron chi connectivity index (χ2n) is 7.75. The summed E-state index contributed by atoms with van der Waals surface area (Å²) in [6.45, 7) is 3.37. The summed E-state index contributed by atoms with van der Waals surface area (Å²) in [5, 5.41) is 0. The van der Waals surface area contributed by atoms with Crippen LogP contribution in [0.1, 0.15) is 28.4 Å². The van der Waals surface area contributed by atoms with Gasteiger partial charge in [-0.25, -0.2) is 0 Å². The van der Waals surface area contributed by atoms with Crippen molar-refractivity contribution in [2.75, 3.05) is 34.5 Å². The highest BCUT2D eigenvalue weighted by atomic mass is 35.5. The van der Waals surface area contributed by atoms with Crippen molar-refractivity contribution in [3.05, 3.63) is 89.0 Å². The lowest BCUT2D eigenvalue weighted by Gasteiger charge is -2.29. The Morgan fingerprint density at radius 1 is 0.875 bits per heavy atom. The molecule has 0 radical (unpaired) electrons. The number of hydrogen-bond acceptors (Lipinski definition) is 4. The van der Waals surface area contributed by atoms with Crippen LogP contribution in [0.3, 0.4) is 0 Å². The minimum atomic E-state index is -0.0277. The van der Waals surface area contributed by atoms with Gasteiger partial charge in [0, 0.05) is 11.1 Å². The minimum absolute atomic E-state index is 0. The number of quaternary nitrogens is 1. The van der Waals surface area contributed by atoms with Gasteiger partial charge < -0.3 is 36.3 Å². The van der Waals surface area contributed by atoms with E-state index in [1.165, 1.54) is 21.6 Å². The van der Waals surface area contributed by atoms with Gasteiger partial charge in [-0.05, 0) is 23.3 Å². The highest BCUT2D eigenvalue weighted by Crippen LogP contribution is 2.38. The number of rotatable bonds is 6. The Kier molecular flexibility index (Phi) is 8.39. The molecule has 32 heavy (non-hydrogen) atoms. The van der Waals surface area contributed by atoms with Crippen LogP contribution in [0.2, 0.25) is 0 Å². The van der Waals surface area contributed by atoms with Crippen LogP contribution in [0.5, 0.6) is 17.2 Å². The SMILES string of the molecule is COc1cc(C[NH+]2CCOC(c3ccccc3)c3ccccc3C2)cc(OC)c1OC.[Cl-]. The number of ether oxygens (including phenoxy) is 4. The summed E-state index contributed by atoms with van der Waals surface area (Å²) in [6.07, 6.45) is -0.0277. The van der Waals surface area contributed by atoms with Gasteiger partial charge in [-0.15, -0.1) is 0 Å². The van der Waals surface area contributed by atoms with Gasteiger partial charge in [-0.1, -0.05) is 54.6 Å². The zero-order chi connectivity index (χ0) is 21.6. The molecule has 0 aliphatic carbocycles. The van der Waals surface area contributed by atoms with E-state index in [4.69, 9.17) is 18.9 Å². The molecule has 5 nitrogen and oxygen atoms in total. The minimum Gasteiger partial charge on any atom is -1.00 e. The Labute approximate surface area is 196 Å². The van der Waals surface area contributed by atoms with E-state index >= 15 is 0 Å². The molecule has 0 amide bonds. The smallest absolute Gasteiger partial charge is 0.203 e. The second-order valence-corrected chi connectivity index (χ2v) is 7.75. The highest BCUT2D eigenvalue weighted by Gasteiger charge is 2.25. The van der Waals surface area contributed by atoms with Gasteiger partial charge in [0.25, 0.3) is 0 Å². The summed E-state index contributed by atoms with van der Waals surface area (Å²) >= 11 is 0. The predicted octanol–water partition coefficient (Wildman–Crippen LogP) is 0.421. The van der Waals surface area contributed by atoms with Gasteiger partial charge in [-0.2, -0.15) is 0 Å². The molecule has 1 aliphatic rings. The van der Waals surface area contributed by atoms with E-state index in [0.717, 1.165) is 25.2 Å². The molecular formula is C26H30ClNO4. The molecule has 3 aromatic rings. The summed E-state index contributed by atoms with van der Waals surface area (Å²) in [7, 11) is 4.93. The van der Waals surface area contributed by atoms with Gasteiger partial charge in [0.1, 0.15) is 25.7 Å². The maximum atomic E-state index is 6.40. The van der Waals surface area contributed by atoms with Gasteiger partial charge in [0.05, 0.1) is 27.9 Å². The van der Waals surface area contributed by atoms with E-state index in [2.05, 4.69) is 48.5 Å². The van der Waals surface area contributed by atoms with Crippen LogP contribution in [0, 0.1) is 0 Å². The molecule has 0 spiro atoms. The first-order valence-electron chi connectivity index (χ1n) is 10.6. The van der Waals surface area contributed by atoms with Crippen LogP contribution in [0.15, 0.2) is 66.7 Å². The Morgan fingerprint density at radius 2 is 1.53 bits per heavy atom. The van der Waals surface area contributed by atoms with Crippen molar-refractivity contribution in [3.8, 4) is 17.2 Å². The van der Waals surface area contributed by atoms with Crippen molar-refractivity contribution in [2.24, 2.45) is 0 Å². The number of halogens is 1. The Balaban J connectivity index is 0.00000289. The molecule has 2 unspecified atom stereocenters. The fourth-order valence-corrected chi connectivity index (χ4v) is 4.30. The first-order chi connectivity index (χ1) is 15.2.